The van der Waals surface area contributed by atoms with E-state index >= 15 is 0 Å². The van der Waals surface area contributed by atoms with Crippen LogP contribution >= 0.6 is 0 Å². The summed E-state index contributed by atoms with van der Waals surface area (Å²) in [6, 6.07) is 10.6. The molecule has 2 heterocycles. The first kappa shape index (κ1) is 27.8. The molecule has 0 radical (unpaired) electrons. The van der Waals surface area contributed by atoms with Crippen LogP contribution in [0.2, 0.25) is 0 Å². The zero-order valence-electron chi connectivity index (χ0n) is 21.7. The number of aryl methyl sites for hydroxylation is 3. The smallest absolute Gasteiger partial charge is 0.267 e. The molecule has 1 aliphatic rings. The number of morpholine rings is 1. The maximum Gasteiger partial charge on any atom is 0.267 e. The van der Waals surface area contributed by atoms with E-state index in [-0.39, 0.29) is 57.8 Å². The van der Waals surface area contributed by atoms with E-state index in [0.717, 1.165) is 5.56 Å². The van der Waals surface area contributed by atoms with Crippen LogP contribution in [0.15, 0.2) is 56.8 Å². The van der Waals surface area contributed by atoms with Gasteiger partial charge in [0.1, 0.15) is 5.69 Å². The summed E-state index contributed by atoms with van der Waals surface area (Å²) in [5.74, 6) is -0.444. The van der Waals surface area contributed by atoms with E-state index in [9.17, 15) is 21.6 Å². The molecule has 204 valence electrons. The standard InChI is InChI=1S/C25H30N4O7S2/c1-15-6-11-23(28-37(31,32)24-18(4)27-36-19(24)5)22(12-15)25(30)26-20-7-9-21(10-8-20)38(33,34)29-13-16(2)35-17(3)14-29/h6-12,16-17,28H,13-14H2,1-5H3,(H,26,30). The van der Waals surface area contributed by atoms with E-state index in [1.807, 2.05) is 13.8 Å². The van der Waals surface area contributed by atoms with Crippen molar-refractivity contribution in [1.29, 1.82) is 0 Å². The number of carbonyl (C=O) groups excluding carboxylic acids is 1. The number of carbonyl (C=O) groups is 1. The third-order valence-electron chi connectivity index (χ3n) is 6.04. The van der Waals surface area contributed by atoms with Crippen molar-refractivity contribution in [2.75, 3.05) is 23.1 Å². The zero-order chi connectivity index (χ0) is 27.8. The van der Waals surface area contributed by atoms with Crippen LogP contribution in [-0.2, 0) is 24.8 Å². The SMILES string of the molecule is Cc1ccc(NS(=O)(=O)c2c(C)noc2C)c(C(=O)Nc2ccc(S(=O)(=O)N3CC(C)OC(C)C3)cc2)c1. The highest BCUT2D eigenvalue weighted by atomic mass is 32.2. The van der Waals surface area contributed by atoms with Crippen LogP contribution in [-0.4, -0.2) is 57.5 Å². The van der Waals surface area contributed by atoms with Gasteiger partial charge in [-0.05, 0) is 71.0 Å². The molecule has 0 bridgehead atoms. The number of aromatic nitrogens is 1. The van der Waals surface area contributed by atoms with E-state index in [1.165, 1.54) is 48.5 Å². The van der Waals surface area contributed by atoms with Crippen molar-refractivity contribution in [1.82, 2.24) is 9.46 Å². The van der Waals surface area contributed by atoms with Gasteiger partial charge in [-0.1, -0.05) is 16.8 Å². The summed E-state index contributed by atoms with van der Waals surface area (Å²) in [7, 11) is -7.82. The number of nitrogens with zero attached hydrogens (tertiary/aromatic N) is 2. The van der Waals surface area contributed by atoms with Crippen molar-refractivity contribution >= 4 is 37.3 Å². The molecule has 13 heteroatoms. The van der Waals surface area contributed by atoms with Gasteiger partial charge < -0.3 is 14.6 Å². The second-order valence-corrected chi connectivity index (χ2v) is 12.9. The number of hydrogen-bond donors (Lipinski definition) is 2. The lowest BCUT2D eigenvalue weighted by Gasteiger charge is -2.34. The second kappa shape index (κ2) is 10.5. The monoisotopic (exact) mass is 562 g/mol. The topological polar surface area (TPSA) is 148 Å². The van der Waals surface area contributed by atoms with Gasteiger partial charge in [0.25, 0.3) is 15.9 Å². The highest BCUT2D eigenvalue weighted by molar-refractivity contribution is 7.92. The summed E-state index contributed by atoms with van der Waals surface area (Å²) in [5, 5.41) is 6.40. The first-order valence-electron chi connectivity index (χ1n) is 11.9. The highest BCUT2D eigenvalue weighted by Crippen LogP contribution is 2.27. The fourth-order valence-electron chi connectivity index (χ4n) is 4.37. The van der Waals surface area contributed by atoms with E-state index in [2.05, 4.69) is 15.2 Å². The van der Waals surface area contributed by atoms with Crippen molar-refractivity contribution < 1.29 is 30.9 Å². The minimum absolute atomic E-state index is 0.0721. The van der Waals surface area contributed by atoms with E-state index in [0.29, 0.717) is 5.69 Å². The lowest BCUT2D eigenvalue weighted by Crippen LogP contribution is -2.48. The van der Waals surface area contributed by atoms with Crippen molar-refractivity contribution in [3.05, 3.63) is 65.0 Å². The van der Waals surface area contributed by atoms with Crippen LogP contribution in [0.4, 0.5) is 11.4 Å². The van der Waals surface area contributed by atoms with E-state index in [1.54, 1.807) is 19.1 Å². The lowest BCUT2D eigenvalue weighted by atomic mass is 10.1. The largest absolute Gasteiger partial charge is 0.373 e. The molecule has 1 aliphatic heterocycles. The minimum atomic E-state index is -4.08. The van der Waals surface area contributed by atoms with Crippen molar-refractivity contribution in [3.63, 3.8) is 0 Å². The quantitative estimate of drug-likeness (QED) is 0.445. The average Bonchev–Trinajstić information content (AvgIpc) is 3.18. The van der Waals surface area contributed by atoms with Gasteiger partial charge in [0.05, 0.1) is 28.4 Å². The third-order valence-corrected chi connectivity index (χ3v) is 9.49. The van der Waals surface area contributed by atoms with Gasteiger partial charge in [0.2, 0.25) is 10.0 Å². The van der Waals surface area contributed by atoms with E-state index in [4.69, 9.17) is 9.26 Å². The molecule has 1 amide bonds. The molecule has 2 N–H and O–H groups in total. The summed E-state index contributed by atoms with van der Waals surface area (Å²) in [4.78, 5) is 13.2. The molecule has 1 saturated heterocycles. The summed E-state index contributed by atoms with van der Waals surface area (Å²) < 4.78 is 66.7. The first-order chi connectivity index (χ1) is 17.8. The number of rotatable bonds is 7. The summed E-state index contributed by atoms with van der Waals surface area (Å²) in [6.07, 6.45) is -0.434. The molecule has 3 aromatic rings. The number of benzene rings is 2. The van der Waals surface area contributed by atoms with Gasteiger partial charge in [-0.15, -0.1) is 0 Å². The summed E-state index contributed by atoms with van der Waals surface area (Å²) in [5.41, 5.74) is 1.45. The van der Waals surface area contributed by atoms with Crippen LogP contribution in [0.3, 0.4) is 0 Å². The van der Waals surface area contributed by atoms with E-state index < -0.39 is 26.0 Å². The maximum absolute atomic E-state index is 13.2. The summed E-state index contributed by atoms with van der Waals surface area (Å²) >= 11 is 0. The van der Waals surface area contributed by atoms with Crippen molar-refractivity contribution in [3.8, 4) is 0 Å². The van der Waals surface area contributed by atoms with Crippen LogP contribution in [0.25, 0.3) is 0 Å². The van der Waals surface area contributed by atoms with Crippen LogP contribution < -0.4 is 10.0 Å². The number of sulfonamides is 2. The molecular weight excluding hydrogens is 532 g/mol. The number of anilines is 2. The number of nitrogens with one attached hydrogen (secondary N) is 2. The Kier molecular flexibility index (Phi) is 7.66. The number of ether oxygens (including phenoxy) is 1. The second-order valence-electron chi connectivity index (χ2n) is 9.37. The minimum Gasteiger partial charge on any atom is -0.373 e. The molecule has 1 fully saturated rings. The molecule has 2 atom stereocenters. The van der Waals surface area contributed by atoms with Gasteiger partial charge in [0, 0.05) is 18.8 Å². The molecule has 0 spiro atoms. The molecule has 38 heavy (non-hydrogen) atoms. The fraction of sp³-hybridized carbons (Fsp3) is 0.360. The Morgan fingerprint density at radius 2 is 1.61 bits per heavy atom. The zero-order valence-corrected chi connectivity index (χ0v) is 23.3. The van der Waals surface area contributed by atoms with Gasteiger partial charge >= 0.3 is 0 Å². The maximum atomic E-state index is 13.2. The number of hydrogen-bond acceptors (Lipinski definition) is 8. The number of amides is 1. The van der Waals surface area contributed by atoms with Crippen molar-refractivity contribution in [2.24, 2.45) is 0 Å². The third kappa shape index (κ3) is 5.75. The predicted molar refractivity (Wildman–Crippen MR) is 141 cm³/mol. The Bertz CT molecular complexity index is 1540. The molecule has 0 aliphatic carbocycles. The Labute approximate surface area is 222 Å². The van der Waals surface area contributed by atoms with Crippen LogP contribution in [0.5, 0.6) is 0 Å². The van der Waals surface area contributed by atoms with Crippen molar-refractivity contribution in [2.45, 2.75) is 56.6 Å². The Morgan fingerprint density at radius 1 is 0.974 bits per heavy atom. The Hall–Kier alpha value is -3.26. The highest BCUT2D eigenvalue weighted by Gasteiger charge is 2.32. The normalized spacial score (nSPS) is 18.8. The molecule has 11 nitrogen and oxygen atoms in total. The molecule has 0 saturated carbocycles. The molecule has 1 aromatic heterocycles. The van der Waals surface area contributed by atoms with Crippen LogP contribution in [0.1, 0.15) is 41.2 Å². The first-order valence-corrected chi connectivity index (χ1v) is 14.8. The molecule has 2 unspecified atom stereocenters. The average molecular weight is 563 g/mol. The predicted octanol–water partition coefficient (Wildman–Crippen LogP) is 3.45. The van der Waals surface area contributed by atoms with Crippen LogP contribution in [0, 0.1) is 20.8 Å². The van der Waals surface area contributed by atoms with Gasteiger partial charge in [0.15, 0.2) is 10.7 Å². The molecule has 2 aromatic carbocycles. The Balaban J connectivity index is 1.55. The van der Waals surface area contributed by atoms with Gasteiger partial charge in [-0.3, -0.25) is 9.52 Å². The van der Waals surface area contributed by atoms with Gasteiger partial charge in [-0.25, -0.2) is 16.8 Å². The molecular formula is C25H30N4O7S2. The summed E-state index contributed by atoms with van der Waals surface area (Å²) in [6.45, 7) is 8.93. The lowest BCUT2D eigenvalue weighted by molar-refractivity contribution is -0.0440. The molecule has 4 rings (SSSR count). The van der Waals surface area contributed by atoms with Gasteiger partial charge in [-0.2, -0.15) is 4.31 Å². The Morgan fingerprint density at radius 3 is 2.18 bits per heavy atom. The fourth-order valence-corrected chi connectivity index (χ4v) is 7.38.